The van der Waals surface area contributed by atoms with Crippen LogP contribution < -0.4 is 0 Å². The molecule has 0 bridgehead atoms. The van der Waals surface area contributed by atoms with Gasteiger partial charge in [-0.15, -0.1) is 0 Å². The predicted molar refractivity (Wildman–Crippen MR) is 274 cm³/mol. The minimum absolute atomic E-state index is 0.488. The highest BCUT2D eigenvalue weighted by Gasteiger charge is 2.53. The van der Waals surface area contributed by atoms with E-state index in [4.69, 9.17) is 15.0 Å². The standard InChI is InChI=1S/C65H39N3/c1-2-16-40(17-3-1)41-30-32-42(33-31-41)61-66-62(43-34-36-51-49-22-8-14-28-57(49)64(59(51)38-43)53-24-10-4-18-45(53)46-19-5-11-25-54(46)64)68-63(67-61)44-35-37-52-50-23-9-15-29-58(50)65(60(52)39-44)55-26-12-6-20-47(55)48-21-7-13-27-56(48)65/h1-39H. The van der Waals surface area contributed by atoms with Crippen molar-refractivity contribution >= 4 is 0 Å². The van der Waals surface area contributed by atoms with Crippen LogP contribution in [-0.2, 0) is 10.8 Å². The van der Waals surface area contributed by atoms with Gasteiger partial charge in [0, 0.05) is 16.7 Å². The first-order valence-electron chi connectivity index (χ1n) is 23.5. The van der Waals surface area contributed by atoms with Crippen molar-refractivity contribution in [3.05, 3.63) is 281 Å². The molecule has 0 radical (unpaired) electrons. The van der Waals surface area contributed by atoms with Crippen LogP contribution in [0.15, 0.2) is 237 Å². The summed E-state index contributed by atoms with van der Waals surface area (Å²) in [6.07, 6.45) is 0. The second kappa shape index (κ2) is 13.9. The summed E-state index contributed by atoms with van der Waals surface area (Å²) in [5.41, 5.74) is 24.7. The molecule has 0 unspecified atom stereocenters. The lowest BCUT2D eigenvalue weighted by Gasteiger charge is -2.30. The highest BCUT2D eigenvalue weighted by Crippen LogP contribution is 2.64. The first-order chi connectivity index (χ1) is 33.7. The molecule has 1 aromatic heterocycles. The molecule has 0 atom stereocenters. The lowest BCUT2D eigenvalue weighted by molar-refractivity contribution is 0.793. The van der Waals surface area contributed by atoms with Gasteiger partial charge in [-0.1, -0.05) is 224 Å². The molecule has 4 aliphatic carbocycles. The molecule has 0 saturated carbocycles. The van der Waals surface area contributed by atoms with E-state index >= 15 is 0 Å². The van der Waals surface area contributed by atoms with Gasteiger partial charge in [0.2, 0.25) is 0 Å². The van der Waals surface area contributed by atoms with Crippen molar-refractivity contribution in [2.75, 3.05) is 0 Å². The van der Waals surface area contributed by atoms with Gasteiger partial charge in [-0.05, 0) is 112 Å². The van der Waals surface area contributed by atoms with Gasteiger partial charge >= 0.3 is 0 Å². The molecule has 15 rings (SSSR count). The average Bonchev–Trinajstić information content (AvgIpc) is 4.10. The van der Waals surface area contributed by atoms with Crippen molar-refractivity contribution in [2.45, 2.75) is 10.8 Å². The van der Waals surface area contributed by atoms with Crippen molar-refractivity contribution < 1.29 is 0 Å². The fraction of sp³-hybridized carbons (Fsp3) is 0.0308. The van der Waals surface area contributed by atoms with Crippen molar-refractivity contribution in [2.24, 2.45) is 0 Å². The smallest absolute Gasteiger partial charge is 0.164 e. The summed E-state index contributed by atoms with van der Waals surface area (Å²) >= 11 is 0. The zero-order valence-electron chi connectivity index (χ0n) is 36.9. The second-order valence-corrected chi connectivity index (χ2v) is 18.5. The normalized spacial score (nSPS) is 14.1. The number of hydrogen-bond donors (Lipinski definition) is 0. The Morgan fingerprint density at radius 3 is 0.794 bits per heavy atom. The molecule has 1 heterocycles. The summed E-state index contributed by atoms with van der Waals surface area (Å²) in [7, 11) is 0. The van der Waals surface area contributed by atoms with Crippen LogP contribution in [0.5, 0.6) is 0 Å². The first kappa shape index (κ1) is 37.4. The van der Waals surface area contributed by atoms with E-state index in [0.717, 1.165) is 22.3 Å². The highest BCUT2D eigenvalue weighted by atomic mass is 15.0. The Hall–Kier alpha value is -8.79. The fourth-order valence-corrected chi connectivity index (χ4v) is 12.7. The molecule has 11 aromatic rings. The molecule has 3 heteroatoms. The molecule has 68 heavy (non-hydrogen) atoms. The third kappa shape index (κ3) is 4.84. The van der Waals surface area contributed by atoms with Crippen LogP contribution in [0.2, 0.25) is 0 Å². The maximum absolute atomic E-state index is 5.50. The highest BCUT2D eigenvalue weighted by molar-refractivity contribution is 5.97. The molecule has 0 aliphatic heterocycles. The zero-order valence-corrected chi connectivity index (χ0v) is 36.9. The first-order valence-corrected chi connectivity index (χ1v) is 23.5. The molecular formula is C65H39N3. The van der Waals surface area contributed by atoms with Crippen LogP contribution in [0.25, 0.3) is 89.8 Å². The van der Waals surface area contributed by atoms with Gasteiger partial charge in [-0.3, -0.25) is 0 Å². The molecule has 314 valence electrons. The second-order valence-electron chi connectivity index (χ2n) is 18.5. The Balaban J connectivity index is 0.959. The van der Waals surface area contributed by atoms with Crippen molar-refractivity contribution in [1.29, 1.82) is 0 Å². The summed E-state index contributed by atoms with van der Waals surface area (Å²) in [4.78, 5) is 16.3. The van der Waals surface area contributed by atoms with Crippen LogP contribution >= 0.6 is 0 Å². The van der Waals surface area contributed by atoms with Crippen LogP contribution in [0, 0.1) is 0 Å². The van der Waals surface area contributed by atoms with Crippen LogP contribution in [0.1, 0.15) is 44.5 Å². The lowest BCUT2D eigenvalue weighted by Crippen LogP contribution is -2.26. The molecule has 3 nitrogen and oxygen atoms in total. The van der Waals surface area contributed by atoms with Gasteiger partial charge in [0.25, 0.3) is 0 Å². The molecular weight excluding hydrogens is 823 g/mol. The van der Waals surface area contributed by atoms with E-state index < -0.39 is 10.8 Å². The Morgan fingerprint density at radius 2 is 0.441 bits per heavy atom. The topological polar surface area (TPSA) is 38.7 Å². The van der Waals surface area contributed by atoms with Crippen LogP contribution in [-0.4, -0.2) is 15.0 Å². The Labute approximate surface area is 394 Å². The molecule has 0 N–H and O–H groups in total. The predicted octanol–water partition coefficient (Wildman–Crippen LogP) is 15.2. The maximum Gasteiger partial charge on any atom is 0.164 e. The summed E-state index contributed by atoms with van der Waals surface area (Å²) < 4.78 is 0. The van der Waals surface area contributed by atoms with Gasteiger partial charge in [0.15, 0.2) is 17.5 Å². The van der Waals surface area contributed by atoms with Crippen LogP contribution in [0.4, 0.5) is 0 Å². The van der Waals surface area contributed by atoms with Gasteiger partial charge in [0.1, 0.15) is 0 Å². The van der Waals surface area contributed by atoms with E-state index in [9.17, 15) is 0 Å². The summed E-state index contributed by atoms with van der Waals surface area (Å²) in [6.45, 7) is 0. The SMILES string of the molecule is c1ccc(-c2ccc(-c3nc(-c4ccc5c(c4)C4(c6ccccc6-c6ccccc64)c4ccccc4-5)nc(-c4ccc5c(c4)C4(c6ccccc6-c6ccccc64)c4ccccc4-5)n3)cc2)cc1. The quantitative estimate of drug-likeness (QED) is 0.177. The van der Waals surface area contributed by atoms with Gasteiger partial charge < -0.3 is 0 Å². The maximum atomic E-state index is 5.50. The average molecular weight is 862 g/mol. The van der Waals surface area contributed by atoms with E-state index in [1.807, 2.05) is 0 Å². The Morgan fingerprint density at radius 1 is 0.191 bits per heavy atom. The number of fused-ring (bicyclic) bond motifs is 20. The minimum atomic E-state index is -0.488. The number of rotatable bonds is 4. The summed E-state index contributed by atoms with van der Waals surface area (Å²) in [5.74, 6) is 1.91. The summed E-state index contributed by atoms with van der Waals surface area (Å²) in [5, 5.41) is 0. The number of benzene rings is 10. The number of aromatic nitrogens is 3. The van der Waals surface area contributed by atoms with Gasteiger partial charge in [0.05, 0.1) is 10.8 Å². The fourth-order valence-electron chi connectivity index (χ4n) is 12.7. The largest absolute Gasteiger partial charge is 0.208 e. The van der Waals surface area contributed by atoms with Crippen LogP contribution in [0.3, 0.4) is 0 Å². The third-order valence-corrected chi connectivity index (χ3v) is 15.4. The molecule has 0 saturated heterocycles. The minimum Gasteiger partial charge on any atom is -0.208 e. The summed E-state index contributed by atoms with van der Waals surface area (Å²) in [6, 6.07) is 86.7. The van der Waals surface area contributed by atoms with E-state index in [0.29, 0.717) is 17.5 Å². The zero-order chi connectivity index (χ0) is 44.6. The molecule has 0 fully saturated rings. The molecule has 10 aromatic carbocycles. The van der Waals surface area contributed by atoms with Gasteiger partial charge in [-0.2, -0.15) is 0 Å². The molecule has 4 aliphatic rings. The third-order valence-electron chi connectivity index (χ3n) is 15.4. The number of nitrogens with zero attached hydrogens (tertiary/aromatic N) is 3. The van der Waals surface area contributed by atoms with Crippen molar-refractivity contribution in [3.8, 4) is 89.8 Å². The lowest BCUT2D eigenvalue weighted by atomic mass is 9.70. The monoisotopic (exact) mass is 861 g/mol. The molecule has 0 amide bonds. The van der Waals surface area contributed by atoms with E-state index in [1.54, 1.807) is 0 Å². The Kier molecular flexibility index (Phi) is 7.63. The van der Waals surface area contributed by atoms with E-state index in [2.05, 4.69) is 237 Å². The molecule has 2 spiro atoms. The van der Waals surface area contributed by atoms with E-state index in [1.165, 1.54) is 94.6 Å². The van der Waals surface area contributed by atoms with Crippen molar-refractivity contribution in [1.82, 2.24) is 15.0 Å². The number of hydrogen-bond acceptors (Lipinski definition) is 3. The van der Waals surface area contributed by atoms with Crippen molar-refractivity contribution in [3.63, 3.8) is 0 Å². The van der Waals surface area contributed by atoms with E-state index in [-0.39, 0.29) is 0 Å². The van der Waals surface area contributed by atoms with Gasteiger partial charge in [-0.25, -0.2) is 15.0 Å². The Bertz CT molecular complexity index is 3580.